The van der Waals surface area contributed by atoms with Gasteiger partial charge in [0.2, 0.25) is 0 Å². The van der Waals surface area contributed by atoms with Crippen LogP contribution < -0.4 is 0 Å². The second-order valence-corrected chi connectivity index (χ2v) is 4.39. The predicted octanol–water partition coefficient (Wildman–Crippen LogP) is 3.35. The van der Waals surface area contributed by atoms with Gasteiger partial charge in [-0.05, 0) is 12.5 Å². The number of halogens is 1. The molecule has 106 valence electrons. The van der Waals surface area contributed by atoms with E-state index in [4.69, 9.17) is 26.2 Å². The Morgan fingerprint density at radius 1 is 1.47 bits per heavy atom. The van der Waals surface area contributed by atoms with E-state index >= 15 is 0 Å². The van der Waals surface area contributed by atoms with Gasteiger partial charge in [-0.3, -0.25) is 4.90 Å². The predicted molar refractivity (Wildman–Crippen MR) is 72.2 cm³/mol. The van der Waals surface area contributed by atoms with Crippen LogP contribution in [0, 0.1) is 0 Å². The summed E-state index contributed by atoms with van der Waals surface area (Å²) in [7, 11) is 2.94. The summed E-state index contributed by atoms with van der Waals surface area (Å²) in [6.45, 7) is 1.84. The zero-order valence-corrected chi connectivity index (χ0v) is 11.9. The lowest BCUT2D eigenvalue weighted by atomic mass is 10.2. The molecule has 0 aliphatic rings. The normalized spacial score (nSPS) is 13.9. The van der Waals surface area contributed by atoms with Crippen LogP contribution in [-0.4, -0.2) is 36.5 Å². The first-order chi connectivity index (χ1) is 9.01. The quantitative estimate of drug-likeness (QED) is 0.815. The summed E-state index contributed by atoms with van der Waals surface area (Å²) in [4.78, 5) is 12.1. The molecule has 2 atom stereocenters. The molecule has 1 N–H and O–H groups in total. The molecule has 0 heterocycles. The van der Waals surface area contributed by atoms with Gasteiger partial charge >= 0.3 is 6.09 Å². The number of ether oxygens (including phenoxy) is 2. The highest BCUT2D eigenvalue weighted by Crippen LogP contribution is 2.28. The molecule has 0 unspecified atom stereocenters. The maximum Gasteiger partial charge on any atom is 0.409 e. The average Bonchev–Trinajstić information content (AvgIpc) is 2.40. The van der Waals surface area contributed by atoms with Gasteiger partial charge < -0.3 is 14.6 Å². The molecule has 0 aliphatic carbocycles. The van der Waals surface area contributed by atoms with Crippen molar-refractivity contribution in [2.45, 2.75) is 25.9 Å². The van der Waals surface area contributed by atoms with E-state index in [9.17, 15) is 4.79 Å². The smallest absolute Gasteiger partial charge is 0.409 e. The van der Waals surface area contributed by atoms with Crippen LogP contribution in [0.5, 0.6) is 0 Å². The molecule has 1 amide bonds. The topological polar surface area (TPSA) is 59.0 Å². The van der Waals surface area contributed by atoms with Crippen molar-refractivity contribution in [3.05, 3.63) is 34.9 Å². The molecule has 0 aliphatic heterocycles. The Labute approximate surface area is 117 Å². The van der Waals surface area contributed by atoms with Crippen molar-refractivity contribution in [1.29, 1.82) is 0 Å². The molecule has 1 aromatic rings. The summed E-state index contributed by atoms with van der Waals surface area (Å²) >= 11 is 6.08. The first-order valence-electron chi connectivity index (χ1n) is 5.89. The lowest BCUT2D eigenvalue weighted by molar-refractivity contribution is -0.190. The van der Waals surface area contributed by atoms with E-state index in [0.29, 0.717) is 17.0 Å². The van der Waals surface area contributed by atoms with Crippen molar-refractivity contribution >= 4 is 17.7 Å². The number of carboxylic acid groups (broad SMARTS) is 1. The fourth-order valence-electron chi connectivity index (χ4n) is 1.65. The van der Waals surface area contributed by atoms with E-state index in [-0.39, 0.29) is 0 Å². The van der Waals surface area contributed by atoms with Crippen molar-refractivity contribution < 1.29 is 19.4 Å². The molecule has 5 nitrogen and oxygen atoms in total. The molecule has 1 rings (SSSR count). The third-order valence-corrected chi connectivity index (χ3v) is 3.08. The minimum Gasteiger partial charge on any atom is -0.465 e. The van der Waals surface area contributed by atoms with Crippen molar-refractivity contribution in [1.82, 2.24) is 4.90 Å². The highest BCUT2D eigenvalue weighted by atomic mass is 35.5. The van der Waals surface area contributed by atoms with Crippen LogP contribution in [0.3, 0.4) is 0 Å². The molecule has 0 radical (unpaired) electrons. The van der Waals surface area contributed by atoms with Gasteiger partial charge in [-0.15, -0.1) is 0 Å². The zero-order chi connectivity index (χ0) is 14.4. The van der Waals surface area contributed by atoms with Gasteiger partial charge in [-0.1, -0.05) is 36.7 Å². The van der Waals surface area contributed by atoms with E-state index in [1.54, 1.807) is 18.2 Å². The largest absolute Gasteiger partial charge is 0.465 e. The summed E-state index contributed by atoms with van der Waals surface area (Å²) in [5.74, 6) is 0. The van der Waals surface area contributed by atoms with Gasteiger partial charge in [-0.2, -0.15) is 0 Å². The van der Waals surface area contributed by atoms with Crippen LogP contribution in [0.25, 0.3) is 0 Å². The molecule has 1 aromatic carbocycles. The zero-order valence-electron chi connectivity index (χ0n) is 11.2. The van der Waals surface area contributed by atoms with E-state index in [2.05, 4.69) is 0 Å². The summed E-state index contributed by atoms with van der Waals surface area (Å²) in [6, 6.07) is 7.13. The Morgan fingerprint density at radius 2 is 2.11 bits per heavy atom. The molecule has 0 fully saturated rings. The number of hydrogen-bond donors (Lipinski definition) is 1. The molecule has 0 bridgehead atoms. The Kier molecular flexibility index (Phi) is 6.08. The number of carbonyl (C=O) groups is 1. The second-order valence-electron chi connectivity index (χ2n) is 3.98. The maximum absolute atomic E-state index is 11.0. The molecule has 19 heavy (non-hydrogen) atoms. The standard InChI is InChI=1S/C13H18ClNO4/c1-4-11(15(2)13(16)17)19-12(18-3)9-7-5-6-8-10(9)14/h5-8,11-12H,4H2,1-3H3,(H,16,17)/t11-,12-/m0/s1. The van der Waals surface area contributed by atoms with Crippen molar-refractivity contribution in [3.63, 3.8) is 0 Å². The number of hydrogen-bond acceptors (Lipinski definition) is 3. The van der Waals surface area contributed by atoms with Crippen molar-refractivity contribution in [2.75, 3.05) is 14.2 Å². The number of rotatable bonds is 6. The molecule has 0 saturated heterocycles. The van der Waals surface area contributed by atoms with Crippen LogP contribution in [-0.2, 0) is 9.47 Å². The molecule has 0 saturated carbocycles. The Morgan fingerprint density at radius 3 is 2.58 bits per heavy atom. The highest BCUT2D eigenvalue weighted by Gasteiger charge is 2.24. The molecular weight excluding hydrogens is 270 g/mol. The van der Waals surface area contributed by atoms with Gasteiger partial charge in [0.05, 0.1) is 0 Å². The maximum atomic E-state index is 11.0. The van der Waals surface area contributed by atoms with Crippen molar-refractivity contribution in [2.24, 2.45) is 0 Å². The number of amides is 1. The SMILES string of the molecule is CC[C@H](O[C@H](OC)c1ccccc1Cl)N(C)C(=O)O. The van der Waals surface area contributed by atoms with Crippen LogP contribution in [0.15, 0.2) is 24.3 Å². The van der Waals surface area contributed by atoms with Gasteiger partial charge in [0.1, 0.15) is 6.23 Å². The van der Waals surface area contributed by atoms with Crippen LogP contribution >= 0.6 is 11.6 Å². The van der Waals surface area contributed by atoms with Crippen LogP contribution in [0.4, 0.5) is 4.79 Å². The van der Waals surface area contributed by atoms with Gasteiger partial charge in [-0.25, -0.2) is 4.79 Å². The van der Waals surface area contributed by atoms with E-state index in [1.165, 1.54) is 14.2 Å². The number of nitrogens with zero attached hydrogens (tertiary/aromatic N) is 1. The van der Waals surface area contributed by atoms with Crippen LogP contribution in [0.1, 0.15) is 25.2 Å². The number of benzene rings is 1. The Hall–Kier alpha value is -1.30. The third kappa shape index (κ3) is 4.09. The van der Waals surface area contributed by atoms with Gasteiger partial charge in [0.25, 0.3) is 0 Å². The van der Waals surface area contributed by atoms with Gasteiger partial charge in [0.15, 0.2) is 6.29 Å². The van der Waals surface area contributed by atoms with Gasteiger partial charge in [0, 0.05) is 24.7 Å². The summed E-state index contributed by atoms with van der Waals surface area (Å²) in [6.07, 6.45) is -1.85. The minimum atomic E-state index is -1.05. The van der Waals surface area contributed by atoms with Crippen LogP contribution in [0.2, 0.25) is 5.02 Å². The van der Waals surface area contributed by atoms with E-state index in [0.717, 1.165) is 4.90 Å². The highest BCUT2D eigenvalue weighted by molar-refractivity contribution is 6.31. The first kappa shape index (κ1) is 15.8. The fourth-order valence-corrected chi connectivity index (χ4v) is 1.87. The number of methoxy groups -OCH3 is 1. The fraction of sp³-hybridized carbons (Fsp3) is 0.462. The second kappa shape index (κ2) is 7.33. The monoisotopic (exact) mass is 287 g/mol. The average molecular weight is 288 g/mol. The summed E-state index contributed by atoms with van der Waals surface area (Å²) < 4.78 is 10.9. The van der Waals surface area contributed by atoms with E-state index in [1.807, 2.05) is 13.0 Å². The first-order valence-corrected chi connectivity index (χ1v) is 6.27. The molecule has 6 heteroatoms. The summed E-state index contributed by atoms with van der Waals surface area (Å²) in [5, 5.41) is 9.49. The third-order valence-electron chi connectivity index (χ3n) is 2.74. The Bertz CT molecular complexity index is 427. The molecule has 0 aromatic heterocycles. The Balaban J connectivity index is 2.87. The van der Waals surface area contributed by atoms with Crippen molar-refractivity contribution in [3.8, 4) is 0 Å². The molecule has 0 spiro atoms. The lowest BCUT2D eigenvalue weighted by Gasteiger charge is -2.29. The molecular formula is C13H18ClNO4. The minimum absolute atomic E-state index is 0.507. The van der Waals surface area contributed by atoms with E-state index < -0.39 is 18.6 Å². The lowest BCUT2D eigenvalue weighted by Crippen LogP contribution is -2.38. The summed E-state index contributed by atoms with van der Waals surface area (Å²) in [5.41, 5.74) is 0.670.